The van der Waals surface area contributed by atoms with Crippen LogP contribution in [0.1, 0.15) is 6.92 Å². The summed E-state index contributed by atoms with van der Waals surface area (Å²) in [7, 11) is 4.82. The summed E-state index contributed by atoms with van der Waals surface area (Å²) in [5.74, 6) is 0.172. The van der Waals surface area contributed by atoms with Crippen LogP contribution in [0.25, 0.3) is 11.2 Å². The van der Waals surface area contributed by atoms with Gasteiger partial charge in [-0.05, 0) is 12.5 Å². The Kier molecular flexibility index (Phi) is 3.73. The fourth-order valence-electron chi connectivity index (χ4n) is 2.37. The van der Waals surface area contributed by atoms with E-state index in [0.717, 1.165) is 5.01 Å². The van der Waals surface area contributed by atoms with Crippen molar-refractivity contribution >= 4 is 23.1 Å². The van der Waals surface area contributed by atoms with E-state index in [2.05, 4.69) is 20.9 Å². The number of aliphatic hydroxyl groups excluding tert-OH is 1. The molecule has 2 amide bonds. The van der Waals surface area contributed by atoms with Gasteiger partial charge >= 0.3 is 6.03 Å². The topological polar surface area (TPSA) is 121 Å². The molecule has 3 heterocycles. The second-order valence-corrected chi connectivity index (χ2v) is 5.57. The van der Waals surface area contributed by atoms with Crippen LogP contribution in [-0.2, 0) is 14.1 Å². The Morgan fingerprint density at radius 1 is 1.25 bits per heavy atom. The molecule has 24 heavy (non-hydrogen) atoms. The molecule has 11 heteroatoms. The molecule has 0 radical (unpaired) electrons. The predicted molar refractivity (Wildman–Crippen MR) is 85.3 cm³/mol. The maximum Gasteiger partial charge on any atom is 0.342 e. The van der Waals surface area contributed by atoms with Crippen LogP contribution < -0.4 is 16.5 Å². The molecule has 11 nitrogen and oxygen atoms in total. The highest BCUT2D eigenvalue weighted by Crippen LogP contribution is 2.15. The van der Waals surface area contributed by atoms with E-state index in [4.69, 9.17) is 0 Å². The van der Waals surface area contributed by atoms with Crippen molar-refractivity contribution in [1.29, 1.82) is 0 Å². The summed E-state index contributed by atoms with van der Waals surface area (Å²) in [6.07, 6.45) is 1.90. The van der Waals surface area contributed by atoms with Crippen molar-refractivity contribution in [2.24, 2.45) is 14.1 Å². The summed E-state index contributed by atoms with van der Waals surface area (Å²) < 4.78 is 2.87. The third-order valence-corrected chi connectivity index (χ3v) is 3.79. The summed E-state index contributed by atoms with van der Waals surface area (Å²) in [5, 5.41) is 11.1. The molecule has 1 aliphatic heterocycles. The molecular formula is C13H18N8O3. The average Bonchev–Trinajstić information content (AvgIpc) is 2.91. The minimum absolute atomic E-state index is 0.172. The molecule has 2 aromatic rings. The van der Waals surface area contributed by atoms with Crippen molar-refractivity contribution < 1.29 is 9.90 Å². The predicted octanol–water partition coefficient (Wildman–Crippen LogP) is -0.912. The van der Waals surface area contributed by atoms with E-state index in [1.165, 1.54) is 22.8 Å². The van der Waals surface area contributed by atoms with Crippen LogP contribution in [0.3, 0.4) is 0 Å². The molecule has 128 valence electrons. The van der Waals surface area contributed by atoms with E-state index >= 15 is 0 Å². The quantitative estimate of drug-likeness (QED) is 0.621. The smallest absolute Gasteiger partial charge is 0.342 e. The third-order valence-electron chi connectivity index (χ3n) is 3.79. The normalized spacial score (nSPS) is 18.3. The largest absolute Gasteiger partial charge is 0.368 e. The van der Waals surface area contributed by atoms with Gasteiger partial charge in [-0.3, -0.25) is 14.8 Å². The van der Waals surface area contributed by atoms with Gasteiger partial charge in [-0.1, -0.05) is 0 Å². The van der Waals surface area contributed by atoms with Gasteiger partial charge in [-0.25, -0.2) is 14.8 Å². The third kappa shape index (κ3) is 2.39. The lowest BCUT2D eigenvalue weighted by Gasteiger charge is -2.35. The first-order chi connectivity index (χ1) is 11.3. The fraction of sp³-hybridized carbons (Fsp3) is 0.385. The molecule has 0 saturated heterocycles. The number of aryl methyl sites for hydroxylation is 1. The van der Waals surface area contributed by atoms with Crippen LogP contribution in [0.15, 0.2) is 22.9 Å². The first kappa shape index (κ1) is 16.0. The standard InChI is InChI=1S/C13H18N8O3/c1-7-5-18(2)13(24)21(10(7)22)17-16-12-15-9-8(11(23)20(12)4)14-6-19(9)3/h5-6,10,17,22H,1-4H3,(H,15,16). The number of anilines is 1. The Hall–Kier alpha value is -2.92. The van der Waals surface area contributed by atoms with Crippen LogP contribution in [0.2, 0.25) is 0 Å². The molecule has 0 fully saturated rings. The first-order valence-electron chi connectivity index (χ1n) is 7.13. The van der Waals surface area contributed by atoms with Gasteiger partial charge in [-0.15, -0.1) is 5.53 Å². The van der Waals surface area contributed by atoms with Crippen LogP contribution in [0, 0.1) is 0 Å². The molecule has 1 aliphatic rings. The Labute approximate surface area is 136 Å². The number of hydrazine groups is 2. The molecule has 2 aromatic heterocycles. The van der Waals surface area contributed by atoms with E-state index < -0.39 is 12.3 Å². The fourth-order valence-corrected chi connectivity index (χ4v) is 2.37. The highest BCUT2D eigenvalue weighted by Gasteiger charge is 2.30. The van der Waals surface area contributed by atoms with Crippen LogP contribution in [0.4, 0.5) is 10.7 Å². The highest BCUT2D eigenvalue weighted by molar-refractivity contribution is 5.77. The number of carbonyl (C=O) groups is 1. The molecule has 3 N–H and O–H groups in total. The maximum absolute atomic E-state index is 12.3. The van der Waals surface area contributed by atoms with Gasteiger partial charge in [0.2, 0.25) is 5.95 Å². The van der Waals surface area contributed by atoms with E-state index in [9.17, 15) is 14.7 Å². The number of rotatable bonds is 3. The van der Waals surface area contributed by atoms with Gasteiger partial charge in [0.05, 0.1) is 6.33 Å². The number of carbonyl (C=O) groups excluding carboxylic acids is 1. The zero-order valence-corrected chi connectivity index (χ0v) is 13.7. The van der Waals surface area contributed by atoms with E-state index in [1.54, 1.807) is 31.8 Å². The van der Waals surface area contributed by atoms with Crippen molar-refractivity contribution in [1.82, 2.24) is 34.5 Å². The number of fused-ring (bicyclic) bond motifs is 1. The Balaban J connectivity index is 1.90. The summed E-state index contributed by atoms with van der Waals surface area (Å²) in [5.41, 5.74) is 6.18. The van der Waals surface area contributed by atoms with Gasteiger partial charge in [0.25, 0.3) is 5.56 Å². The molecule has 0 spiro atoms. The first-order valence-corrected chi connectivity index (χ1v) is 7.13. The second-order valence-electron chi connectivity index (χ2n) is 5.57. The van der Waals surface area contributed by atoms with E-state index in [0.29, 0.717) is 11.2 Å². The van der Waals surface area contributed by atoms with E-state index in [-0.39, 0.29) is 17.0 Å². The molecule has 0 bridgehead atoms. The monoisotopic (exact) mass is 334 g/mol. The number of urea groups is 1. The molecule has 0 aliphatic carbocycles. The summed E-state index contributed by atoms with van der Waals surface area (Å²) in [6.45, 7) is 1.69. The minimum Gasteiger partial charge on any atom is -0.368 e. The maximum atomic E-state index is 12.3. The number of nitrogens with zero attached hydrogens (tertiary/aromatic N) is 6. The summed E-state index contributed by atoms with van der Waals surface area (Å²) >= 11 is 0. The van der Waals surface area contributed by atoms with Gasteiger partial charge < -0.3 is 14.6 Å². The van der Waals surface area contributed by atoms with Crippen LogP contribution >= 0.6 is 0 Å². The Morgan fingerprint density at radius 3 is 2.67 bits per heavy atom. The molecule has 0 aromatic carbocycles. The van der Waals surface area contributed by atoms with Crippen molar-refractivity contribution in [3.8, 4) is 0 Å². The lowest BCUT2D eigenvalue weighted by atomic mass is 10.2. The SMILES string of the molecule is CC1=CN(C)C(=O)N(NNc2nc3c(ncn3C)c(=O)n2C)C1O. The van der Waals surface area contributed by atoms with Crippen LogP contribution in [-0.4, -0.2) is 53.4 Å². The second kappa shape index (κ2) is 5.62. The van der Waals surface area contributed by atoms with Crippen LogP contribution in [0.5, 0.6) is 0 Å². The number of amides is 2. The van der Waals surface area contributed by atoms with Gasteiger partial charge in [-0.2, -0.15) is 4.98 Å². The average molecular weight is 334 g/mol. The molecule has 1 atom stereocenters. The number of aromatic nitrogens is 4. The lowest BCUT2D eigenvalue weighted by Crippen LogP contribution is -2.58. The number of hydrogen-bond donors (Lipinski definition) is 3. The van der Waals surface area contributed by atoms with Crippen molar-refractivity contribution in [2.75, 3.05) is 12.5 Å². The molecule has 3 rings (SSSR count). The molecule has 1 unspecified atom stereocenters. The zero-order chi connectivity index (χ0) is 17.6. The molecular weight excluding hydrogens is 316 g/mol. The minimum atomic E-state index is -1.14. The van der Waals surface area contributed by atoms with Crippen molar-refractivity contribution in [2.45, 2.75) is 13.2 Å². The zero-order valence-electron chi connectivity index (χ0n) is 13.7. The highest BCUT2D eigenvalue weighted by atomic mass is 16.3. The van der Waals surface area contributed by atoms with Gasteiger partial charge in [0.15, 0.2) is 17.4 Å². The number of imidazole rings is 1. The number of aliphatic hydroxyl groups is 1. The molecule has 0 saturated carbocycles. The van der Waals surface area contributed by atoms with Gasteiger partial charge in [0.1, 0.15) is 0 Å². The lowest BCUT2D eigenvalue weighted by molar-refractivity contribution is 0.0134. The Bertz CT molecular complexity index is 898. The Morgan fingerprint density at radius 2 is 1.96 bits per heavy atom. The van der Waals surface area contributed by atoms with Crippen molar-refractivity contribution in [3.05, 3.63) is 28.5 Å². The number of hydrogen-bond acceptors (Lipinski definition) is 7. The van der Waals surface area contributed by atoms with E-state index in [1.807, 2.05) is 0 Å². The summed E-state index contributed by atoms with van der Waals surface area (Å²) in [4.78, 5) is 34.1. The summed E-state index contributed by atoms with van der Waals surface area (Å²) in [6, 6.07) is -0.466. The van der Waals surface area contributed by atoms with Crippen molar-refractivity contribution in [3.63, 3.8) is 0 Å². The number of nitrogens with one attached hydrogen (secondary N) is 2. The van der Waals surface area contributed by atoms with Gasteiger partial charge in [0, 0.05) is 27.3 Å².